The molecule has 0 spiro atoms. The number of hydrogen-bond acceptors (Lipinski definition) is 1. The first-order valence-corrected chi connectivity index (χ1v) is 5.45. The summed E-state index contributed by atoms with van der Waals surface area (Å²) in [5.74, 6) is 0.576. The van der Waals surface area contributed by atoms with Gasteiger partial charge in [0.15, 0.2) is 0 Å². The van der Waals surface area contributed by atoms with E-state index >= 15 is 0 Å². The molecular weight excluding hydrogens is 172 g/mol. The molecule has 0 radical (unpaired) electrons. The standard InChI is InChI=1S/C13H20O/c1-3-12-4-6-13(7-5-12)10-11(2)8-9-14/h4-7,11,14H,3,8-10H2,1-2H3. The first kappa shape index (κ1) is 11.3. The van der Waals surface area contributed by atoms with Crippen molar-refractivity contribution >= 4 is 0 Å². The molecule has 1 atom stereocenters. The van der Waals surface area contributed by atoms with Gasteiger partial charge in [0.1, 0.15) is 0 Å². The van der Waals surface area contributed by atoms with E-state index in [1.807, 2.05) is 0 Å². The highest BCUT2D eigenvalue weighted by Crippen LogP contribution is 2.12. The van der Waals surface area contributed by atoms with E-state index in [0.717, 1.165) is 19.3 Å². The fraction of sp³-hybridized carbons (Fsp3) is 0.538. The third kappa shape index (κ3) is 3.51. The largest absolute Gasteiger partial charge is 0.396 e. The Morgan fingerprint density at radius 2 is 1.71 bits per heavy atom. The Balaban J connectivity index is 2.50. The zero-order chi connectivity index (χ0) is 10.4. The zero-order valence-corrected chi connectivity index (χ0v) is 9.16. The summed E-state index contributed by atoms with van der Waals surface area (Å²) in [7, 11) is 0. The molecule has 0 fully saturated rings. The number of benzene rings is 1. The Labute approximate surface area is 86.8 Å². The van der Waals surface area contributed by atoms with E-state index in [1.54, 1.807) is 0 Å². The lowest BCUT2D eigenvalue weighted by Gasteiger charge is -2.09. The van der Waals surface area contributed by atoms with Crippen LogP contribution in [-0.2, 0) is 12.8 Å². The van der Waals surface area contributed by atoms with E-state index in [1.165, 1.54) is 11.1 Å². The second-order valence-corrected chi connectivity index (χ2v) is 3.99. The van der Waals surface area contributed by atoms with E-state index in [2.05, 4.69) is 38.1 Å². The Morgan fingerprint density at radius 3 is 2.21 bits per heavy atom. The fourth-order valence-corrected chi connectivity index (χ4v) is 1.64. The number of hydrogen-bond donors (Lipinski definition) is 1. The third-order valence-corrected chi connectivity index (χ3v) is 2.64. The summed E-state index contributed by atoms with van der Waals surface area (Å²) in [6, 6.07) is 8.79. The number of rotatable bonds is 5. The molecule has 0 aromatic heterocycles. The van der Waals surface area contributed by atoms with E-state index in [0.29, 0.717) is 12.5 Å². The van der Waals surface area contributed by atoms with Crippen LogP contribution in [0, 0.1) is 5.92 Å². The van der Waals surface area contributed by atoms with Crippen LogP contribution in [0.3, 0.4) is 0 Å². The van der Waals surface area contributed by atoms with Gasteiger partial charge in [0, 0.05) is 6.61 Å². The topological polar surface area (TPSA) is 20.2 Å². The van der Waals surface area contributed by atoms with Gasteiger partial charge in [-0.1, -0.05) is 38.1 Å². The first-order valence-electron chi connectivity index (χ1n) is 5.45. The highest BCUT2D eigenvalue weighted by molar-refractivity contribution is 5.22. The van der Waals surface area contributed by atoms with Crippen molar-refractivity contribution in [1.29, 1.82) is 0 Å². The van der Waals surface area contributed by atoms with Crippen LogP contribution in [0.4, 0.5) is 0 Å². The van der Waals surface area contributed by atoms with E-state index in [4.69, 9.17) is 5.11 Å². The van der Waals surface area contributed by atoms with Gasteiger partial charge < -0.3 is 5.11 Å². The normalized spacial score (nSPS) is 12.8. The maximum Gasteiger partial charge on any atom is 0.0433 e. The lowest BCUT2D eigenvalue weighted by Crippen LogP contribution is -2.02. The van der Waals surface area contributed by atoms with Gasteiger partial charge in [0.05, 0.1) is 0 Å². The molecule has 78 valence electrons. The maximum atomic E-state index is 8.80. The summed E-state index contributed by atoms with van der Waals surface area (Å²) < 4.78 is 0. The highest BCUT2D eigenvalue weighted by Gasteiger charge is 2.02. The van der Waals surface area contributed by atoms with Gasteiger partial charge in [0.2, 0.25) is 0 Å². The molecule has 0 aliphatic heterocycles. The smallest absolute Gasteiger partial charge is 0.0433 e. The van der Waals surface area contributed by atoms with E-state index in [-0.39, 0.29) is 0 Å². The molecule has 1 N–H and O–H groups in total. The van der Waals surface area contributed by atoms with Crippen LogP contribution in [0.1, 0.15) is 31.4 Å². The highest BCUT2D eigenvalue weighted by atomic mass is 16.3. The molecule has 1 rings (SSSR count). The summed E-state index contributed by atoms with van der Waals surface area (Å²) in [5.41, 5.74) is 2.77. The molecule has 0 aliphatic carbocycles. The molecule has 0 heterocycles. The molecule has 1 nitrogen and oxygen atoms in total. The van der Waals surface area contributed by atoms with Crippen molar-refractivity contribution in [3.8, 4) is 0 Å². The summed E-state index contributed by atoms with van der Waals surface area (Å²) >= 11 is 0. The molecule has 1 aromatic carbocycles. The molecule has 0 amide bonds. The van der Waals surface area contributed by atoms with Crippen LogP contribution < -0.4 is 0 Å². The number of aryl methyl sites for hydroxylation is 1. The Kier molecular flexibility index (Phi) is 4.68. The Hall–Kier alpha value is -0.820. The third-order valence-electron chi connectivity index (χ3n) is 2.64. The quantitative estimate of drug-likeness (QED) is 0.760. The maximum absolute atomic E-state index is 8.80. The SMILES string of the molecule is CCc1ccc(CC(C)CCO)cc1. The van der Waals surface area contributed by atoms with Crippen molar-refractivity contribution in [3.63, 3.8) is 0 Å². The van der Waals surface area contributed by atoms with Crippen molar-refractivity contribution in [2.24, 2.45) is 5.92 Å². The number of aliphatic hydroxyl groups is 1. The van der Waals surface area contributed by atoms with Gasteiger partial charge in [-0.15, -0.1) is 0 Å². The second-order valence-electron chi connectivity index (χ2n) is 3.99. The van der Waals surface area contributed by atoms with Crippen LogP contribution in [-0.4, -0.2) is 11.7 Å². The minimum atomic E-state index is 0.300. The second kappa shape index (κ2) is 5.82. The van der Waals surface area contributed by atoms with Crippen LogP contribution in [0.25, 0.3) is 0 Å². The predicted octanol–water partition coefficient (Wildman–Crippen LogP) is 2.81. The van der Waals surface area contributed by atoms with Gasteiger partial charge >= 0.3 is 0 Å². The Bertz CT molecular complexity index is 250. The lowest BCUT2D eigenvalue weighted by atomic mass is 9.97. The Morgan fingerprint density at radius 1 is 1.14 bits per heavy atom. The zero-order valence-electron chi connectivity index (χ0n) is 9.16. The molecule has 14 heavy (non-hydrogen) atoms. The monoisotopic (exact) mass is 192 g/mol. The van der Waals surface area contributed by atoms with Crippen LogP contribution in [0.15, 0.2) is 24.3 Å². The molecular formula is C13H20O. The van der Waals surface area contributed by atoms with Gasteiger partial charge in [-0.05, 0) is 36.3 Å². The van der Waals surface area contributed by atoms with Crippen molar-refractivity contribution in [2.45, 2.75) is 33.1 Å². The summed E-state index contributed by atoms with van der Waals surface area (Å²) in [6.45, 7) is 4.65. The molecule has 0 saturated heterocycles. The molecule has 1 heteroatoms. The van der Waals surface area contributed by atoms with Crippen LogP contribution >= 0.6 is 0 Å². The van der Waals surface area contributed by atoms with E-state index < -0.39 is 0 Å². The number of aliphatic hydroxyl groups excluding tert-OH is 1. The van der Waals surface area contributed by atoms with Gasteiger partial charge in [0.25, 0.3) is 0 Å². The van der Waals surface area contributed by atoms with Gasteiger partial charge in [-0.2, -0.15) is 0 Å². The van der Waals surface area contributed by atoms with Crippen molar-refractivity contribution in [1.82, 2.24) is 0 Å². The van der Waals surface area contributed by atoms with Crippen molar-refractivity contribution < 1.29 is 5.11 Å². The summed E-state index contributed by atoms with van der Waals surface area (Å²) in [4.78, 5) is 0. The van der Waals surface area contributed by atoms with Crippen LogP contribution in [0.2, 0.25) is 0 Å². The molecule has 0 bridgehead atoms. The lowest BCUT2D eigenvalue weighted by molar-refractivity contribution is 0.262. The molecule has 0 aliphatic rings. The summed E-state index contributed by atoms with van der Waals surface area (Å²) in [5, 5.41) is 8.80. The molecule has 1 aromatic rings. The van der Waals surface area contributed by atoms with E-state index in [9.17, 15) is 0 Å². The summed E-state index contributed by atoms with van der Waals surface area (Å²) in [6.07, 6.45) is 3.08. The van der Waals surface area contributed by atoms with Crippen LogP contribution in [0.5, 0.6) is 0 Å². The average Bonchev–Trinajstić information content (AvgIpc) is 2.19. The molecule has 0 saturated carbocycles. The first-order chi connectivity index (χ1) is 6.76. The minimum Gasteiger partial charge on any atom is -0.396 e. The molecule has 1 unspecified atom stereocenters. The van der Waals surface area contributed by atoms with Gasteiger partial charge in [-0.25, -0.2) is 0 Å². The van der Waals surface area contributed by atoms with Crippen molar-refractivity contribution in [2.75, 3.05) is 6.61 Å². The minimum absolute atomic E-state index is 0.300. The van der Waals surface area contributed by atoms with Crippen molar-refractivity contribution in [3.05, 3.63) is 35.4 Å². The average molecular weight is 192 g/mol. The predicted molar refractivity (Wildman–Crippen MR) is 60.4 cm³/mol. The fourth-order valence-electron chi connectivity index (χ4n) is 1.64. The van der Waals surface area contributed by atoms with Gasteiger partial charge in [-0.3, -0.25) is 0 Å².